The fourth-order valence-corrected chi connectivity index (χ4v) is 6.37. The molecule has 6 rings (SSSR count). The van der Waals surface area contributed by atoms with Crippen molar-refractivity contribution in [3.63, 3.8) is 0 Å². The molecule has 2 aromatic heterocycles. The Morgan fingerprint density at radius 2 is 1.95 bits per heavy atom. The number of pyridine rings is 1. The van der Waals surface area contributed by atoms with Crippen LogP contribution in [0.1, 0.15) is 41.4 Å². The predicted octanol–water partition coefficient (Wildman–Crippen LogP) is 6.21. The van der Waals surface area contributed by atoms with Gasteiger partial charge < -0.3 is 20.3 Å². The van der Waals surface area contributed by atoms with Crippen LogP contribution in [-0.4, -0.2) is 46.9 Å². The smallest absolute Gasteiger partial charge is 0.331 e. The number of aromatic nitrogens is 1. The number of ether oxygens (including phenoxy) is 1. The van der Waals surface area contributed by atoms with Crippen LogP contribution >= 0.6 is 11.3 Å². The van der Waals surface area contributed by atoms with E-state index in [4.69, 9.17) is 4.74 Å². The second kappa shape index (κ2) is 10.6. The van der Waals surface area contributed by atoms with Gasteiger partial charge in [0, 0.05) is 31.7 Å². The number of rotatable bonds is 6. The number of hydrogen-bond acceptors (Lipinski definition) is 6. The number of thiophene rings is 1. The molecule has 2 aliphatic heterocycles. The molecule has 0 spiro atoms. The third kappa shape index (κ3) is 4.75. The Hall–Kier alpha value is -4.44. The minimum absolute atomic E-state index is 0.0899. The first-order chi connectivity index (χ1) is 19.4. The average Bonchev–Trinajstić information content (AvgIpc) is 3.33. The molecule has 9 nitrogen and oxygen atoms in total. The van der Waals surface area contributed by atoms with Crippen LogP contribution in [0.25, 0.3) is 10.2 Å². The van der Waals surface area contributed by atoms with Crippen LogP contribution < -0.4 is 20.3 Å². The van der Waals surface area contributed by atoms with Crippen LogP contribution in [0.4, 0.5) is 21.9 Å². The fourth-order valence-electron chi connectivity index (χ4n) is 5.35. The van der Waals surface area contributed by atoms with Gasteiger partial charge in [0.15, 0.2) is 0 Å². The van der Waals surface area contributed by atoms with E-state index < -0.39 is 0 Å². The molecule has 0 aliphatic carbocycles. The number of nitrogens with zero attached hydrogens (tertiary/aromatic N) is 3. The van der Waals surface area contributed by atoms with Crippen LogP contribution in [0.15, 0.2) is 60.8 Å². The lowest BCUT2D eigenvalue weighted by Gasteiger charge is -2.33. The number of benzene rings is 2. The van der Waals surface area contributed by atoms with E-state index in [9.17, 15) is 14.4 Å². The molecule has 4 amide bonds. The van der Waals surface area contributed by atoms with Crippen LogP contribution in [-0.2, 0) is 4.79 Å². The van der Waals surface area contributed by atoms with Crippen molar-refractivity contribution in [2.24, 2.45) is 0 Å². The molecule has 1 fully saturated rings. The van der Waals surface area contributed by atoms with Crippen molar-refractivity contribution in [3.8, 4) is 11.5 Å². The highest BCUT2D eigenvalue weighted by Gasteiger charge is 2.34. The van der Waals surface area contributed by atoms with Crippen LogP contribution in [0.3, 0.4) is 0 Å². The van der Waals surface area contributed by atoms with E-state index in [1.807, 2.05) is 62.4 Å². The largest absolute Gasteiger partial charge is 0.457 e. The lowest BCUT2D eigenvalue weighted by atomic mass is 10.0. The lowest BCUT2D eigenvalue weighted by Crippen LogP contribution is -2.49. The number of amides is 4. The van der Waals surface area contributed by atoms with Gasteiger partial charge in [-0.05, 0) is 61.7 Å². The van der Waals surface area contributed by atoms with E-state index in [2.05, 4.69) is 15.6 Å². The molecule has 1 atom stereocenters. The first-order valence-electron chi connectivity index (χ1n) is 13.4. The van der Waals surface area contributed by atoms with Gasteiger partial charge in [-0.1, -0.05) is 25.1 Å². The molecule has 2 N–H and O–H groups in total. The van der Waals surface area contributed by atoms with Gasteiger partial charge in [0.05, 0.1) is 22.4 Å². The Balaban J connectivity index is 1.29. The Kier molecular flexibility index (Phi) is 6.85. The number of piperidine rings is 1. The number of nitrogens with one attached hydrogen (secondary N) is 2. The number of urea groups is 1. The zero-order valence-electron chi connectivity index (χ0n) is 22.3. The van der Waals surface area contributed by atoms with E-state index >= 15 is 0 Å². The summed E-state index contributed by atoms with van der Waals surface area (Å²) >= 11 is 1.25. The molecule has 204 valence electrons. The highest BCUT2D eigenvalue weighted by atomic mass is 32.1. The molecule has 2 aliphatic rings. The van der Waals surface area contributed by atoms with Gasteiger partial charge in [-0.15, -0.1) is 11.3 Å². The summed E-state index contributed by atoms with van der Waals surface area (Å²) in [6.45, 7) is 4.98. The monoisotopic (exact) mass is 555 g/mol. The summed E-state index contributed by atoms with van der Waals surface area (Å²) in [5.41, 5.74) is 2.70. The molecule has 10 heteroatoms. The number of carbonyl (C=O) groups is 3. The van der Waals surface area contributed by atoms with E-state index in [-0.39, 0.29) is 23.9 Å². The Bertz CT molecular complexity index is 1620. The van der Waals surface area contributed by atoms with Crippen LogP contribution in [0, 0.1) is 6.92 Å². The van der Waals surface area contributed by atoms with Crippen molar-refractivity contribution in [1.82, 2.24) is 15.2 Å². The number of anilines is 3. The molecule has 0 radical (unpaired) electrons. The average molecular weight is 556 g/mol. The predicted molar refractivity (Wildman–Crippen MR) is 156 cm³/mol. The maximum absolute atomic E-state index is 13.5. The maximum atomic E-state index is 13.5. The summed E-state index contributed by atoms with van der Waals surface area (Å²) in [7, 11) is 0. The maximum Gasteiger partial charge on any atom is 0.331 e. The first-order valence-corrected chi connectivity index (χ1v) is 14.2. The van der Waals surface area contributed by atoms with Crippen molar-refractivity contribution < 1.29 is 19.1 Å². The highest BCUT2D eigenvalue weighted by Crippen LogP contribution is 2.46. The van der Waals surface area contributed by atoms with E-state index in [0.717, 1.165) is 29.5 Å². The van der Waals surface area contributed by atoms with Gasteiger partial charge in [-0.2, -0.15) is 0 Å². The highest BCUT2D eigenvalue weighted by molar-refractivity contribution is 7.21. The molecule has 0 bridgehead atoms. The van der Waals surface area contributed by atoms with E-state index in [0.29, 0.717) is 52.0 Å². The summed E-state index contributed by atoms with van der Waals surface area (Å²) in [4.78, 5) is 48.1. The van der Waals surface area contributed by atoms with Crippen molar-refractivity contribution in [2.45, 2.75) is 39.2 Å². The summed E-state index contributed by atoms with van der Waals surface area (Å²) in [5.74, 6) is 1.22. The molecular weight excluding hydrogens is 526 g/mol. The summed E-state index contributed by atoms with van der Waals surface area (Å²) in [5, 5.41) is 6.77. The van der Waals surface area contributed by atoms with Gasteiger partial charge in [0.25, 0.3) is 5.91 Å². The van der Waals surface area contributed by atoms with Gasteiger partial charge in [0.2, 0.25) is 5.91 Å². The third-order valence-electron chi connectivity index (χ3n) is 7.25. The Morgan fingerprint density at radius 3 is 2.73 bits per heavy atom. The second-order valence-electron chi connectivity index (χ2n) is 9.95. The van der Waals surface area contributed by atoms with Crippen LogP contribution in [0.5, 0.6) is 11.5 Å². The molecular formula is C30H29N5O4S. The molecule has 40 heavy (non-hydrogen) atoms. The number of para-hydroxylation sites is 1. The topological polar surface area (TPSA) is 104 Å². The first kappa shape index (κ1) is 25.8. The third-order valence-corrected chi connectivity index (χ3v) is 8.35. The summed E-state index contributed by atoms with van der Waals surface area (Å²) in [6.07, 6.45) is 3.73. The number of aryl methyl sites for hydroxylation is 1. The normalized spacial score (nSPS) is 16.6. The van der Waals surface area contributed by atoms with Gasteiger partial charge >= 0.3 is 6.03 Å². The SMILES string of the molecule is CCC(=O)N1CCC[C@@H](NC(=O)c2sc3nccc4c3c2NC(=O)N4c2ccc(Oc3ccccc3)cc2C)C1. The van der Waals surface area contributed by atoms with E-state index in [1.165, 1.54) is 11.3 Å². The molecule has 1 saturated heterocycles. The van der Waals surface area contributed by atoms with E-state index in [1.54, 1.807) is 22.1 Å². The van der Waals surface area contributed by atoms with Crippen molar-refractivity contribution in [2.75, 3.05) is 23.3 Å². The quantitative estimate of drug-likeness (QED) is 0.294. The van der Waals surface area contributed by atoms with Gasteiger partial charge in [-0.3, -0.25) is 14.5 Å². The van der Waals surface area contributed by atoms with Crippen molar-refractivity contribution in [1.29, 1.82) is 0 Å². The minimum Gasteiger partial charge on any atom is -0.457 e. The number of likely N-dealkylation sites (tertiary alicyclic amines) is 1. The standard InChI is InChI=1S/C30H29N5O4S/c1-3-24(36)34-15-7-8-19(17-34)32-28(37)27-26-25-23(13-14-31-29(25)40-27)35(30(38)33-26)22-12-11-21(16-18(22)2)39-20-9-5-4-6-10-20/h4-6,9-14,16,19H,3,7-8,15,17H2,1-2H3,(H,32,37)(H,33,38)/t19-/m1/s1. The summed E-state index contributed by atoms with van der Waals surface area (Å²) in [6, 6.07) is 16.4. The Morgan fingerprint density at radius 1 is 1.12 bits per heavy atom. The van der Waals surface area contributed by atoms with Crippen molar-refractivity contribution in [3.05, 3.63) is 71.2 Å². The molecule has 4 heterocycles. The van der Waals surface area contributed by atoms with Crippen molar-refractivity contribution >= 4 is 56.5 Å². The zero-order valence-corrected chi connectivity index (χ0v) is 23.1. The fraction of sp³-hybridized carbons (Fsp3) is 0.267. The lowest BCUT2D eigenvalue weighted by molar-refractivity contribution is -0.132. The molecule has 4 aromatic rings. The molecule has 0 saturated carbocycles. The zero-order chi connectivity index (χ0) is 27.8. The minimum atomic E-state index is -0.357. The molecule has 0 unspecified atom stereocenters. The van der Waals surface area contributed by atoms with Gasteiger partial charge in [-0.25, -0.2) is 9.78 Å². The second-order valence-corrected chi connectivity index (χ2v) is 11.0. The Labute approximate surface area is 235 Å². The number of carbonyl (C=O) groups excluding carboxylic acids is 3. The number of hydrogen-bond donors (Lipinski definition) is 2. The summed E-state index contributed by atoms with van der Waals surface area (Å²) < 4.78 is 5.97. The van der Waals surface area contributed by atoms with Crippen LogP contribution in [0.2, 0.25) is 0 Å². The van der Waals surface area contributed by atoms with Gasteiger partial charge in [0.1, 0.15) is 21.2 Å². The molecule has 2 aromatic carbocycles.